The Morgan fingerprint density at radius 1 is 1.19 bits per heavy atom. The summed E-state index contributed by atoms with van der Waals surface area (Å²) in [4.78, 5) is 22.0. The minimum atomic E-state index is -0.501. The Bertz CT molecular complexity index is 708. The van der Waals surface area contributed by atoms with Gasteiger partial charge in [0, 0.05) is 23.9 Å². The minimum absolute atomic E-state index is 0.0596. The first-order valence-corrected chi connectivity index (χ1v) is 6.35. The third-order valence-corrected chi connectivity index (χ3v) is 2.93. The van der Waals surface area contributed by atoms with Crippen molar-refractivity contribution in [3.05, 3.63) is 75.8 Å². The van der Waals surface area contributed by atoms with Gasteiger partial charge in [0.25, 0.3) is 5.69 Å². The van der Waals surface area contributed by atoms with Crippen LogP contribution in [0.15, 0.2) is 54.6 Å². The molecule has 0 saturated carbocycles. The van der Waals surface area contributed by atoms with E-state index in [1.807, 2.05) is 31.2 Å². The maximum absolute atomic E-state index is 11.8. The van der Waals surface area contributed by atoms with Crippen LogP contribution in [0.2, 0.25) is 0 Å². The summed E-state index contributed by atoms with van der Waals surface area (Å²) in [6.45, 7) is 1.96. The highest BCUT2D eigenvalue weighted by Gasteiger charge is 2.06. The average molecular weight is 282 g/mol. The van der Waals surface area contributed by atoms with E-state index >= 15 is 0 Å². The molecule has 0 heterocycles. The number of hydrogen-bond donors (Lipinski definition) is 1. The quantitative estimate of drug-likeness (QED) is 0.529. The molecule has 5 nitrogen and oxygen atoms in total. The molecule has 1 N–H and O–H groups in total. The van der Waals surface area contributed by atoms with Gasteiger partial charge in [-0.15, -0.1) is 0 Å². The topological polar surface area (TPSA) is 72.2 Å². The first-order chi connectivity index (χ1) is 10.1. The second-order valence-electron chi connectivity index (χ2n) is 4.49. The van der Waals surface area contributed by atoms with Gasteiger partial charge in [0.1, 0.15) is 0 Å². The van der Waals surface area contributed by atoms with E-state index < -0.39 is 4.92 Å². The van der Waals surface area contributed by atoms with Crippen molar-refractivity contribution >= 4 is 23.4 Å². The SMILES string of the molecule is Cc1ccccc1/C=C/C(=O)Nc1cccc([N+](=O)[O-])c1. The van der Waals surface area contributed by atoms with Gasteiger partial charge >= 0.3 is 0 Å². The Kier molecular flexibility index (Phi) is 4.46. The fraction of sp³-hybridized carbons (Fsp3) is 0.0625. The molecule has 0 saturated heterocycles. The minimum Gasteiger partial charge on any atom is -0.322 e. The van der Waals surface area contributed by atoms with E-state index in [0.717, 1.165) is 11.1 Å². The number of carbonyl (C=O) groups excluding carboxylic acids is 1. The van der Waals surface area contributed by atoms with Crippen LogP contribution in [0.5, 0.6) is 0 Å². The van der Waals surface area contributed by atoms with E-state index in [1.165, 1.54) is 24.3 Å². The maximum atomic E-state index is 11.8. The van der Waals surface area contributed by atoms with Gasteiger partial charge in [-0.3, -0.25) is 14.9 Å². The van der Waals surface area contributed by atoms with E-state index in [0.29, 0.717) is 5.69 Å². The largest absolute Gasteiger partial charge is 0.322 e. The highest BCUT2D eigenvalue weighted by Crippen LogP contribution is 2.17. The lowest BCUT2D eigenvalue weighted by molar-refractivity contribution is -0.384. The maximum Gasteiger partial charge on any atom is 0.271 e. The third-order valence-electron chi connectivity index (χ3n) is 2.93. The molecule has 2 aromatic rings. The smallest absolute Gasteiger partial charge is 0.271 e. The highest BCUT2D eigenvalue weighted by molar-refractivity contribution is 6.02. The van der Waals surface area contributed by atoms with Crippen LogP contribution in [0.3, 0.4) is 0 Å². The molecule has 2 aromatic carbocycles. The number of carbonyl (C=O) groups is 1. The summed E-state index contributed by atoms with van der Waals surface area (Å²) >= 11 is 0. The Morgan fingerprint density at radius 3 is 2.67 bits per heavy atom. The molecular formula is C16H14N2O3. The Balaban J connectivity index is 2.07. The standard InChI is InChI=1S/C16H14N2O3/c1-12-5-2-3-6-13(12)9-10-16(19)17-14-7-4-8-15(11-14)18(20)21/h2-11H,1H3,(H,17,19)/b10-9+. The molecule has 0 aromatic heterocycles. The lowest BCUT2D eigenvalue weighted by atomic mass is 10.1. The van der Waals surface area contributed by atoms with Gasteiger partial charge in [0.2, 0.25) is 5.91 Å². The molecule has 0 aliphatic carbocycles. The number of non-ortho nitro benzene ring substituents is 1. The van der Waals surface area contributed by atoms with Crippen LogP contribution in [0.1, 0.15) is 11.1 Å². The van der Waals surface area contributed by atoms with Crippen LogP contribution in [0.25, 0.3) is 6.08 Å². The van der Waals surface area contributed by atoms with Crippen LogP contribution in [0.4, 0.5) is 11.4 Å². The molecule has 0 radical (unpaired) electrons. The van der Waals surface area contributed by atoms with E-state index in [-0.39, 0.29) is 11.6 Å². The number of benzene rings is 2. The zero-order valence-corrected chi connectivity index (χ0v) is 11.4. The van der Waals surface area contributed by atoms with Gasteiger partial charge < -0.3 is 5.32 Å². The molecule has 0 aliphatic rings. The van der Waals surface area contributed by atoms with Crippen molar-refractivity contribution in [3.63, 3.8) is 0 Å². The molecule has 0 aliphatic heterocycles. The van der Waals surface area contributed by atoms with Crippen LogP contribution >= 0.6 is 0 Å². The molecule has 1 amide bonds. The van der Waals surface area contributed by atoms with Gasteiger partial charge in [-0.05, 0) is 30.2 Å². The van der Waals surface area contributed by atoms with Gasteiger partial charge in [-0.1, -0.05) is 30.3 Å². The number of aryl methyl sites for hydroxylation is 1. The van der Waals surface area contributed by atoms with Crippen molar-refractivity contribution < 1.29 is 9.72 Å². The molecule has 0 unspecified atom stereocenters. The van der Waals surface area contributed by atoms with Crippen molar-refractivity contribution in [2.45, 2.75) is 6.92 Å². The predicted molar refractivity (Wildman–Crippen MR) is 81.9 cm³/mol. The first kappa shape index (κ1) is 14.5. The molecule has 106 valence electrons. The van der Waals surface area contributed by atoms with Gasteiger partial charge in [-0.25, -0.2) is 0 Å². The number of nitro benzene ring substituents is 1. The number of nitro groups is 1. The second kappa shape index (κ2) is 6.47. The van der Waals surface area contributed by atoms with Crippen LogP contribution in [-0.2, 0) is 4.79 Å². The number of nitrogens with one attached hydrogen (secondary N) is 1. The zero-order valence-electron chi connectivity index (χ0n) is 11.4. The zero-order chi connectivity index (χ0) is 15.2. The van der Waals surface area contributed by atoms with Gasteiger partial charge in [0.05, 0.1) is 4.92 Å². The summed E-state index contributed by atoms with van der Waals surface area (Å²) < 4.78 is 0. The normalized spacial score (nSPS) is 10.5. The van der Waals surface area contributed by atoms with Crippen LogP contribution < -0.4 is 5.32 Å². The van der Waals surface area contributed by atoms with E-state index in [1.54, 1.807) is 12.1 Å². The first-order valence-electron chi connectivity index (χ1n) is 6.35. The Morgan fingerprint density at radius 2 is 1.95 bits per heavy atom. The molecule has 21 heavy (non-hydrogen) atoms. The van der Waals surface area contributed by atoms with Crippen molar-refractivity contribution in [1.29, 1.82) is 0 Å². The lowest BCUT2D eigenvalue weighted by Gasteiger charge is -2.02. The van der Waals surface area contributed by atoms with Crippen molar-refractivity contribution in [2.24, 2.45) is 0 Å². The second-order valence-corrected chi connectivity index (χ2v) is 4.49. The van der Waals surface area contributed by atoms with Crippen LogP contribution in [0, 0.1) is 17.0 Å². The molecule has 0 fully saturated rings. The summed E-state index contributed by atoms with van der Waals surface area (Å²) in [5, 5.41) is 13.3. The number of hydrogen-bond acceptors (Lipinski definition) is 3. The summed E-state index contributed by atoms with van der Waals surface area (Å²) in [5.41, 5.74) is 2.35. The van der Waals surface area contributed by atoms with E-state index in [4.69, 9.17) is 0 Å². The lowest BCUT2D eigenvalue weighted by Crippen LogP contribution is -2.07. The number of nitrogens with zero attached hydrogens (tertiary/aromatic N) is 1. The number of anilines is 1. The molecule has 0 bridgehead atoms. The average Bonchev–Trinajstić information content (AvgIpc) is 2.46. The van der Waals surface area contributed by atoms with Gasteiger partial charge in [-0.2, -0.15) is 0 Å². The number of rotatable bonds is 4. The molecular weight excluding hydrogens is 268 g/mol. The monoisotopic (exact) mass is 282 g/mol. The highest BCUT2D eigenvalue weighted by atomic mass is 16.6. The molecule has 0 atom stereocenters. The van der Waals surface area contributed by atoms with Crippen molar-refractivity contribution in [3.8, 4) is 0 Å². The Hall–Kier alpha value is -2.95. The number of amides is 1. The summed E-state index contributed by atoms with van der Waals surface area (Å²) in [5.74, 6) is -0.334. The third kappa shape index (κ3) is 4.01. The summed E-state index contributed by atoms with van der Waals surface area (Å²) in [6.07, 6.45) is 3.11. The van der Waals surface area contributed by atoms with Crippen molar-refractivity contribution in [2.75, 3.05) is 5.32 Å². The Labute approximate surface area is 122 Å². The predicted octanol–water partition coefficient (Wildman–Crippen LogP) is 3.56. The fourth-order valence-electron chi connectivity index (χ4n) is 1.82. The van der Waals surface area contributed by atoms with E-state index in [2.05, 4.69) is 5.32 Å². The summed E-state index contributed by atoms with van der Waals surface area (Å²) in [6, 6.07) is 13.5. The van der Waals surface area contributed by atoms with E-state index in [9.17, 15) is 14.9 Å². The molecule has 2 rings (SSSR count). The van der Waals surface area contributed by atoms with Crippen LogP contribution in [-0.4, -0.2) is 10.8 Å². The summed E-state index contributed by atoms with van der Waals surface area (Å²) in [7, 11) is 0. The van der Waals surface area contributed by atoms with Gasteiger partial charge in [0.15, 0.2) is 0 Å². The van der Waals surface area contributed by atoms with Crippen molar-refractivity contribution in [1.82, 2.24) is 0 Å². The molecule has 0 spiro atoms. The molecule has 5 heteroatoms. The fourth-order valence-corrected chi connectivity index (χ4v) is 1.82.